The third-order valence-electron chi connectivity index (χ3n) is 5.55. The summed E-state index contributed by atoms with van der Waals surface area (Å²) in [6, 6.07) is 4.21. The van der Waals surface area contributed by atoms with Crippen molar-refractivity contribution in [1.82, 2.24) is 4.90 Å². The zero-order chi connectivity index (χ0) is 17.8. The first kappa shape index (κ1) is 15.4. The summed E-state index contributed by atoms with van der Waals surface area (Å²) in [5.74, 6) is 3.45. The maximum atomic E-state index is 5.62. The molecule has 5 nitrogen and oxygen atoms in total. The van der Waals surface area contributed by atoms with Crippen molar-refractivity contribution in [3.63, 3.8) is 0 Å². The normalized spacial score (nSPS) is 22.7. The molecule has 2 aliphatic heterocycles. The van der Waals surface area contributed by atoms with Gasteiger partial charge in [0.05, 0.1) is 14.2 Å². The summed E-state index contributed by atoms with van der Waals surface area (Å²) < 4.78 is 22.2. The lowest BCUT2D eigenvalue weighted by molar-refractivity contribution is 0.0977. The quantitative estimate of drug-likeness (QED) is 0.814. The van der Waals surface area contributed by atoms with Crippen molar-refractivity contribution in [3.8, 4) is 11.5 Å². The Morgan fingerprint density at radius 1 is 1.08 bits per heavy atom. The van der Waals surface area contributed by atoms with E-state index < -0.39 is 0 Å². The average molecular weight is 351 g/mol. The van der Waals surface area contributed by atoms with Crippen LogP contribution < -0.4 is 9.47 Å². The molecule has 2 heterocycles. The fourth-order valence-electron chi connectivity index (χ4n) is 4.35. The zero-order valence-corrected chi connectivity index (χ0v) is 15.2. The number of fused-ring (bicyclic) bond motifs is 5. The Morgan fingerprint density at radius 2 is 1.85 bits per heavy atom. The van der Waals surface area contributed by atoms with E-state index in [2.05, 4.69) is 42.3 Å². The van der Waals surface area contributed by atoms with Gasteiger partial charge in [-0.05, 0) is 53.0 Å². The van der Waals surface area contributed by atoms with Crippen molar-refractivity contribution in [2.45, 2.75) is 13.0 Å². The van der Waals surface area contributed by atoms with Gasteiger partial charge in [0.15, 0.2) is 23.0 Å². The molecular formula is C21H21NO4. The van der Waals surface area contributed by atoms with Crippen LogP contribution in [-0.2, 0) is 16.0 Å². The highest BCUT2D eigenvalue weighted by Gasteiger charge is 2.36. The van der Waals surface area contributed by atoms with Crippen LogP contribution in [0, 0.1) is 5.92 Å². The van der Waals surface area contributed by atoms with Gasteiger partial charge in [-0.2, -0.15) is 0 Å². The van der Waals surface area contributed by atoms with Crippen LogP contribution in [0.5, 0.6) is 11.5 Å². The Kier molecular flexibility index (Phi) is 3.32. The maximum absolute atomic E-state index is 5.62. The van der Waals surface area contributed by atoms with E-state index in [0.717, 1.165) is 36.0 Å². The van der Waals surface area contributed by atoms with Crippen LogP contribution in [0.1, 0.15) is 17.5 Å². The molecule has 0 amide bonds. The topological polar surface area (TPSA) is 40.2 Å². The number of nitrogens with zero attached hydrogens (tertiary/aromatic N) is 1. The fourth-order valence-corrected chi connectivity index (χ4v) is 4.35. The van der Waals surface area contributed by atoms with Crippen LogP contribution in [0.2, 0.25) is 0 Å². The monoisotopic (exact) mass is 351 g/mol. The first-order chi connectivity index (χ1) is 12.7. The predicted octanol–water partition coefficient (Wildman–Crippen LogP) is 3.59. The minimum Gasteiger partial charge on any atom is -0.493 e. The smallest absolute Gasteiger partial charge is 0.231 e. The van der Waals surface area contributed by atoms with Crippen molar-refractivity contribution in [2.75, 3.05) is 28.1 Å². The van der Waals surface area contributed by atoms with E-state index >= 15 is 0 Å². The molecule has 0 bridgehead atoms. The third-order valence-corrected chi connectivity index (χ3v) is 5.55. The van der Waals surface area contributed by atoms with Gasteiger partial charge >= 0.3 is 0 Å². The molecule has 2 aliphatic carbocycles. The van der Waals surface area contributed by atoms with Crippen molar-refractivity contribution >= 4 is 5.57 Å². The molecule has 5 heteroatoms. The molecule has 0 saturated carbocycles. The minimum absolute atomic E-state index is 0.199. The number of methoxy groups -OCH3 is 2. The van der Waals surface area contributed by atoms with Crippen molar-refractivity contribution in [1.29, 1.82) is 0 Å². The van der Waals surface area contributed by atoms with Crippen molar-refractivity contribution in [3.05, 3.63) is 64.3 Å². The Bertz CT molecular complexity index is 922. The molecule has 4 aliphatic rings. The summed E-state index contributed by atoms with van der Waals surface area (Å²) in [5.41, 5.74) is 6.48. The van der Waals surface area contributed by atoms with Crippen LogP contribution in [0.15, 0.2) is 53.1 Å². The highest BCUT2D eigenvalue weighted by molar-refractivity contribution is 5.79. The van der Waals surface area contributed by atoms with E-state index in [9.17, 15) is 0 Å². The van der Waals surface area contributed by atoms with E-state index in [1.807, 2.05) is 0 Å². The molecule has 1 aromatic carbocycles. The van der Waals surface area contributed by atoms with Gasteiger partial charge in [0.25, 0.3) is 0 Å². The lowest BCUT2D eigenvalue weighted by Crippen LogP contribution is -2.31. The Labute approximate surface area is 152 Å². The minimum atomic E-state index is 0.199. The van der Waals surface area contributed by atoms with Gasteiger partial charge < -0.3 is 23.8 Å². The molecule has 1 aromatic rings. The van der Waals surface area contributed by atoms with E-state index in [0.29, 0.717) is 6.79 Å². The van der Waals surface area contributed by atoms with Gasteiger partial charge in [-0.3, -0.25) is 0 Å². The maximum Gasteiger partial charge on any atom is 0.231 e. The SMILES string of the molecule is COc1cc2c(cc1OC)C1=C(C3C=C4OCOC4=CC3=CC1)N(C)C2. The summed E-state index contributed by atoms with van der Waals surface area (Å²) in [6.45, 7) is 1.15. The van der Waals surface area contributed by atoms with Crippen LogP contribution in [0.3, 0.4) is 0 Å². The predicted molar refractivity (Wildman–Crippen MR) is 97.3 cm³/mol. The van der Waals surface area contributed by atoms with Gasteiger partial charge in [0, 0.05) is 25.2 Å². The van der Waals surface area contributed by atoms with E-state index in [1.54, 1.807) is 14.2 Å². The van der Waals surface area contributed by atoms with Gasteiger partial charge in [0.1, 0.15) is 0 Å². The van der Waals surface area contributed by atoms with Gasteiger partial charge in [0.2, 0.25) is 6.79 Å². The highest BCUT2D eigenvalue weighted by atomic mass is 16.7. The van der Waals surface area contributed by atoms with Crippen molar-refractivity contribution in [2.24, 2.45) is 5.92 Å². The fraction of sp³-hybridized carbons (Fsp3) is 0.333. The summed E-state index contributed by atoms with van der Waals surface area (Å²) >= 11 is 0. The molecule has 0 N–H and O–H groups in total. The standard InChI is InChI=1S/C21H21NO4/c1-22-10-13-7-17(23-2)18(24-3)8-15(13)14-5-4-12-6-19-20(26-11-25-19)9-16(12)21(14)22/h4,6-9,16H,5,10-11H2,1-3H3. The van der Waals surface area contributed by atoms with Crippen LogP contribution in [0.25, 0.3) is 5.57 Å². The van der Waals surface area contributed by atoms with Gasteiger partial charge in [-0.15, -0.1) is 0 Å². The number of rotatable bonds is 2. The van der Waals surface area contributed by atoms with E-state index in [-0.39, 0.29) is 5.92 Å². The molecule has 0 spiro atoms. The lowest BCUT2D eigenvalue weighted by atomic mass is 9.77. The van der Waals surface area contributed by atoms with E-state index in [4.69, 9.17) is 18.9 Å². The van der Waals surface area contributed by atoms with Gasteiger partial charge in [-0.25, -0.2) is 0 Å². The molecular weight excluding hydrogens is 330 g/mol. The second-order valence-corrected chi connectivity index (χ2v) is 6.92. The third kappa shape index (κ3) is 2.09. The molecule has 1 unspecified atom stereocenters. The molecule has 1 saturated heterocycles. The number of allylic oxidation sites excluding steroid dienone is 4. The number of hydrogen-bond acceptors (Lipinski definition) is 5. The summed E-state index contributed by atoms with van der Waals surface area (Å²) in [6.07, 6.45) is 7.49. The second-order valence-electron chi connectivity index (χ2n) is 6.92. The van der Waals surface area contributed by atoms with Crippen molar-refractivity contribution < 1.29 is 18.9 Å². The zero-order valence-electron chi connectivity index (χ0n) is 15.2. The molecule has 1 atom stereocenters. The van der Waals surface area contributed by atoms with E-state index in [1.165, 1.54) is 28.0 Å². The molecule has 1 fully saturated rings. The van der Waals surface area contributed by atoms with Crippen LogP contribution >= 0.6 is 0 Å². The highest BCUT2D eigenvalue weighted by Crippen LogP contribution is 2.48. The summed E-state index contributed by atoms with van der Waals surface area (Å²) in [5, 5.41) is 0. The van der Waals surface area contributed by atoms with Gasteiger partial charge in [-0.1, -0.05) is 6.08 Å². The molecule has 0 radical (unpaired) electrons. The Morgan fingerprint density at radius 3 is 2.65 bits per heavy atom. The molecule has 134 valence electrons. The lowest BCUT2D eigenvalue weighted by Gasteiger charge is -2.39. The number of ether oxygens (including phenoxy) is 4. The number of hydrogen-bond donors (Lipinski definition) is 0. The Hall–Kier alpha value is -2.82. The Balaban J connectivity index is 1.65. The van der Waals surface area contributed by atoms with Crippen LogP contribution in [0.4, 0.5) is 0 Å². The average Bonchev–Trinajstić information content (AvgIpc) is 3.12. The summed E-state index contributed by atoms with van der Waals surface area (Å²) in [4.78, 5) is 2.34. The molecule has 26 heavy (non-hydrogen) atoms. The van der Waals surface area contributed by atoms with Crippen LogP contribution in [-0.4, -0.2) is 33.0 Å². The molecule has 5 rings (SSSR count). The first-order valence-electron chi connectivity index (χ1n) is 8.78. The number of benzene rings is 1. The summed E-state index contributed by atoms with van der Waals surface area (Å²) in [7, 11) is 5.52. The molecule has 0 aromatic heterocycles. The largest absolute Gasteiger partial charge is 0.493 e. The second kappa shape index (κ2) is 5.59. The first-order valence-corrected chi connectivity index (χ1v) is 8.78.